The second-order valence-corrected chi connectivity index (χ2v) is 6.62. The first-order chi connectivity index (χ1) is 11.8. The summed E-state index contributed by atoms with van der Waals surface area (Å²) in [5, 5.41) is 14.6. The molecule has 0 aliphatic heterocycles. The summed E-state index contributed by atoms with van der Waals surface area (Å²) in [5.74, 6) is -2.79. The zero-order valence-corrected chi connectivity index (χ0v) is 13.8. The van der Waals surface area contributed by atoms with E-state index < -0.39 is 29.1 Å². The first-order valence-electron chi connectivity index (χ1n) is 7.79. The van der Waals surface area contributed by atoms with E-state index in [2.05, 4.69) is 10.6 Å². The van der Waals surface area contributed by atoms with E-state index in [9.17, 15) is 19.5 Å². The molecule has 0 unspecified atom stereocenters. The van der Waals surface area contributed by atoms with Crippen LogP contribution in [0.25, 0.3) is 0 Å². The predicted octanol–water partition coefficient (Wildman–Crippen LogP) is 2.83. The lowest BCUT2D eigenvalue weighted by atomic mass is 10.1. The Morgan fingerprint density at radius 2 is 1.72 bits per heavy atom. The fourth-order valence-electron chi connectivity index (χ4n) is 3.08. The van der Waals surface area contributed by atoms with Crippen LogP contribution in [0.1, 0.15) is 24.4 Å². The zero-order chi connectivity index (χ0) is 18.2. The van der Waals surface area contributed by atoms with E-state index in [0.29, 0.717) is 11.4 Å². The quantitative estimate of drug-likeness (QED) is 0.774. The van der Waals surface area contributed by atoms with Crippen LogP contribution in [0.2, 0.25) is 0 Å². The third kappa shape index (κ3) is 3.26. The van der Waals surface area contributed by atoms with E-state index in [1.807, 2.05) is 0 Å². The van der Waals surface area contributed by atoms with Gasteiger partial charge < -0.3 is 20.2 Å². The molecule has 2 atom stereocenters. The second kappa shape index (κ2) is 6.08. The van der Waals surface area contributed by atoms with Crippen LogP contribution in [-0.4, -0.2) is 22.9 Å². The fourth-order valence-corrected chi connectivity index (χ4v) is 3.08. The molecule has 0 saturated heterocycles. The minimum absolute atomic E-state index is 0.179. The minimum Gasteiger partial charge on any atom is -0.481 e. The molecule has 1 saturated carbocycles. The van der Waals surface area contributed by atoms with Gasteiger partial charge in [0.05, 0.1) is 18.1 Å². The Bertz CT molecular complexity index is 826. The zero-order valence-electron chi connectivity index (χ0n) is 13.8. The number of carbonyl (C=O) groups is 3. The summed E-state index contributed by atoms with van der Waals surface area (Å²) < 4.78 is 5.02. The Balaban J connectivity index is 1.67. The van der Waals surface area contributed by atoms with E-state index in [0.717, 1.165) is 0 Å². The average molecular weight is 342 g/mol. The highest BCUT2D eigenvalue weighted by molar-refractivity contribution is 6.03. The SMILES string of the molecule is CC1(C)[C@H](C(=O)O)[C@@H]1C(=O)Nc1cccc(NC(=O)c2ccco2)c1. The van der Waals surface area contributed by atoms with Crippen molar-refractivity contribution in [2.75, 3.05) is 10.6 Å². The van der Waals surface area contributed by atoms with Gasteiger partial charge in [0.1, 0.15) is 0 Å². The normalized spacial score (nSPS) is 20.6. The number of amides is 2. The van der Waals surface area contributed by atoms with Gasteiger partial charge in [0, 0.05) is 11.4 Å². The number of anilines is 2. The molecular weight excluding hydrogens is 324 g/mol. The smallest absolute Gasteiger partial charge is 0.307 e. The first-order valence-corrected chi connectivity index (χ1v) is 7.79. The Hall–Kier alpha value is -3.09. The van der Waals surface area contributed by atoms with Gasteiger partial charge in [0.2, 0.25) is 5.91 Å². The summed E-state index contributed by atoms with van der Waals surface area (Å²) >= 11 is 0. The Morgan fingerprint density at radius 3 is 2.28 bits per heavy atom. The average Bonchev–Trinajstić information content (AvgIpc) is 2.88. The number of furan rings is 1. The van der Waals surface area contributed by atoms with Crippen LogP contribution in [0.15, 0.2) is 47.1 Å². The molecule has 1 aromatic heterocycles. The largest absolute Gasteiger partial charge is 0.481 e. The van der Waals surface area contributed by atoms with E-state index in [-0.39, 0.29) is 11.7 Å². The Kier molecular flexibility index (Phi) is 4.08. The summed E-state index contributed by atoms with van der Waals surface area (Å²) in [7, 11) is 0. The van der Waals surface area contributed by atoms with Crippen molar-refractivity contribution in [3.05, 3.63) is 48.4 Å². The molecule has 1 aromatic carbocycles. The van der Waals surface area contributed by atoms with E-state index in [1.54, 1.807) is 50.2 Å². The lowest BCUT2D eigenvalue weighted by Crippen LogP contribution is -2.18. The van der Waals surface area contributed by atoms with Crippen molar-refractivity contribution in [2.45, 2.75) is 13.8 Å². The maximum atomic E-state index is 12.3. The molecule has 1 aliphatic carbocycles. The standard InChI is InChI=1S/C18H18N2O5/c1-18(2)13(14(18)17(23)24)16(22)20-11-6-3-5-10(9-11)19-15(21)12-7-4-8-25-12/h3-9,13-14H,1-2H3,(H,19,21)(H,20,22)(H,23,24)/t13-,14+/m1/s1. The number of hydrogen-bond donors (Lipinski definition) is 3. The number of carbonyl (C=O) groups excluding carboxylic acids is 2. The van der Waals surface area contributed by atoms with Crippen molar-refractivity contribution in [1.29, 1.82) is 0 Å². The molecule has 7 heteroatoms. The molecular formula is C18H18N2O5. The lowest BCUT2D eigenvalue weighted by Gasteiger charge is -2.09. The van der Waals surface area contributed by atoms with Crippen molar-refractivity contribution in [3.63, 3.8) is 0 Å². The van der Waals surface area contributed by atoms with Crippen molar-refractivity contribution < 1.29 is 23.9 Å². The molecule has 1 heterocycles. The molecule has 0 bridgehead atoms. The number of carboxylic acid groups (broad SMARTS) is 1. The number of benzene rings is 1. The number of nitrogens with one attached hydrogen (secondary N) is 2. The highest BCUT2D eigenvalue weighted by Crippen LogP contribution is 2.58. The molecule has 2 aromatic rings. The Morgan fingerprint density at radius 1 is 1.04 bits per heavy atom. The topological polar surface area (TPSA) is 109 Å². The van der Waals surface area contributed by atoms with Gasteiger partial charge >= 0.3 is 5.97 Å². The summed E-state index contributed by atoms with van der Waals surface area (Å²) in [6.07, 6.45) is 1.40. The van der Waals surface area contributed by atoms with Gasteiger partial charge in [-0.1, -0.05) is 19.9 Å². The molecule has 3 rings (SSSR count). The highest BCUT2D eigenvalue weighted by Gasteiger charge is 2.65. The maximum absolute atomic E-state index is 12.3. The van der Waals surface area contributed by atoms with E-state index >= 15 is 0 Å². The third-order valence-electron chi connectivity index (χ3n) is 4.51. The monoisotopic (exact) mass is 342 g/mol. The third-order valence-corrected chi connectivity index (χ3v) is 4.51. The van der Waals surface area contributed by atoms with Crippen molar-refractivity contribution in [3.8, 4) is 0 Å². The first kappa shape index (κ1) is 16.8. The van der Waals surface area contributed by atoms with Gasteiger partial charge in [0.15, 0.2) is 5.76 Å². The molecule has 3 N–H and O–H groups in total. The number of rotatable bonds is 5. The second-order valence-electron chi connectivity index (χ2n) is 6.62. The van der Waals surface area contributed by atoms with Gasteiger partial charge in [-0.25, -0.2) is 0 Å². The van der Waals surface area contributed by atoms with Gasteiger partial charge in [0.25, 0.3) is 5.91 Å². The maximum Gasteiger partial charge on any atom is 0.307 e. The van der Waals surface area contributed by atoms with Gasteiger partial charge in [-0.15, -0.1) is 0 Å². The molecule has 0 radical (unpaired) electrons. The Labute approximate surface area is 144 Å². The van der Waals surface area contributed by atoms with Crippen LogP contribution in [0.3, 0.4) is 0 Å². The molecule has 7 nitrogen and oxygen atoms in total. The van der Waals surface area contributed by atoms with Crippen LogP contribution in [-0.2, 0) is 9.59 Å². The summed E-state index contributed by atoms with van der Waals surface area (Å²) in [4.78, 5) is 35.5. The molecule has 1 fully saturated rings. The van der Waals surface area contributed by atoms with Crippen molar-refractivity contribution in [2.24, 2.45) is 17.3 Å². The molecule has 25 heavy (non-hydrogen) atoms. The number of hydrogen-bond acceptors (Lipinski definition) is 4. The summed E-state index contributed by atoms with van der Waals surface area (Å²) in [5.41, 5.74) is 0.402. The minimum atomic E-state index is -0.968. The van der Waals surface area contributed by atoms with E-state index in [4.69, 9.17) is 4.42 Å². The lowest BCUT2D eigenvalue weighted by molar-refractivity contribution is -0.140. The number of carboxylic acids is 1. The molecule has 130 valence electrons. The van der Waals surface area contributed by atoms with Gasteiger partial charge in [-0.05, 0) is 35.7 Å². The van der Waals surface area contributed by atoms with Gasteiger partial charge in [-0.2, -0.15) is 0 Å². The summed E-state index contributed by atoms with van der Waals surface area (Å²) in [6, 6.07) is 9.79. The predicted molar refractivity (Wildman–Crippen MR) is 90.1 cm³/mol. The van der Waals surface area contributed by atoms with Crippen LogP contribution >= 0.6 is 0 Å². The molecule has 1 aliphatic rings. The summed E-state index contributed by atoms with van der Waals surface area (Å²) in [6.45, 7) is 3.52. The van der Waals surface area contributed by atoms with Crippen LogP contribution in [0.4, 0.5) is 11.4 Å². The van der Waals surface area contributed by atoms with Crippen molar-refractivity contribution >= 4 is 29.2 Å². The van der Waals surface area contributed by atoms with Gasteiger partial charge in [-0.3, -0.25) is 14.4 Å². The van der Waals surface area contributed by atoms with E-state index in [1.165, 1.54) is 6.26 Å². The fraction of sp³-hybridized carbons (Fsp3) is 0.278. The van der Waals surface area contributed by atoms with Crippen LogP contribution in [0, 0.1) is 17.3 Å². The van der Waals surface area contributed by atoms with Crippen LogP contribution in [0.5, 0.6) is 0 Å². The highest BCUT2D eigenvalue weighted by atomic mass is 16.4. The van der Waals surface area contributed by atoms with Crippen LogP contribution < -0.4 is 10.6 Å². The molecule has 0 spiro atoms. The van der Waals surface area contributed by atoms with Crippen molar-refractivity contribution in [1.82, 2.24) is 0 Å². The number of aliphatic carboxylic acids is 1. The molecule has 2 amide bonds.